The summed E-state index contributed by atoms with van der Waals surface area (Å²) < 4.78 is 67.2. The average molecular weight is 529 g/mol. The van der Waals surface area contributed by atoms with Crippen LogP contribution >= 0.6 is 0 Å². The van der Waals surface area contributed by atoms with Crippen LogP contribution in [0.2, 0.25) is 0 Å². The van der Waals surface area contributed by atoms with E-state index in [4.69, 9.17) is 14.9 Å². The molecule has 3 aromatic carbocycles. The first kappa shape index (κ1) is 26.8. The third kappa shape index (κ3) is 6.34. The number of ether oxygens (including phenoxy) is 2. The number of hydrogen-bond acceptors (Lipinski definition) is 5. The molecule has 0 bridgehead atoms. The monoisotopic (exact) mass is 528 g/mol. The molecule has 4 rings (SSSR count). The quantitative estimate of drug-likeness (QED) is 0.285. The Bertz CT molecular complexity index is 1380. The lowest BCUT2D eigenvalue weighted by Gasteiger charge is -2.29. The number of halogens is 2. The van der Waals surface area contributed by atoms with Gasteiger partial charge < -0.3 is 9.47 Å². The summed E-state index contributed by atoms with van der Waals surface area (Å²) >= 11 is 0. The summed E-state index contributed by atoms with van der Waals surface area (Å²) in [5.74, 6) is -1.12. The van der Waals surface area contributed by atoms with Crippen molar-refractivity contribution in [3.63, 3.8) is 0 Å². The number of sulfonamides is 1. The molecule has 0 aliphatic heterocycles. The molecule has 1 fully saturated rings. The summed E-state index contributed by atoms with van der Waals surface area (Å²) in [4.78, 5) is 0. The predicted molar refractivity (Wildman–Crippen MR) is 139 cm³/mol. The molecule has 2 N–H and O–H groups in total. The van der Waals surface area contributed by atoms with Crippen molar-refractivity contribution in [3.05, 3.63) is 89.5 Å². The molecule has 2 atom stereocenters. The molecule has 1 aliphatic carbocycles. The predicted octanol–water partition coefficient (Wildman–Crippen LogP) is 5.47. The van der Waals surface area contributed by atoms with Crippen molar-refractivity contribution in [1.82, 2.24) is 4.72 Å². The Balaban J connectivity index is 1.65. The minimum absolute atomic E-state index is 0.0416. The molecule has 0 spiro atoms. The highest BCUT2D eigenvalue weighted by atomic mass is 32.2. The molecule has 0 aromatic heterocycles. The lowest BCUT2D eigenvalue weighted by Crippen LogP contribution is -2.37. The maximum Gasteiger partial charge on any atom is 0.208 e. The smallest absolute Gasteiger partial charge is 0.208 e. The van der Waals surface area contributed by atoms with Crippen LogP contribution in [-0.2, 0) is 27.8 Å². The van der Waals surface area contributed by atoms with E-state index in [1.807, 2.05) is 30.3 Å². The Kier molecular flexibility index (Phi) is 7.94. The first-order chi connectivity index (χ1) is 17.6. The van der Waals surface area contributed by atoms with Crippen molar-refractivity contribution in [2.24, 2.45) is 5.41 Å². The van der Waals surface area contributed by atoms with Gasteiger partial charge in [-0.2, -0.15) is 0 Å². The molecule has 0 heterocycles. The maximum atomic E-state index is 15.1. The summed E-state index contributed by atoms with van der Waals surface area (Å²) in [6, 6.07) is 18.0. The SMILES string of the molecule is COC(=N)[C@@]1(Cc2ccc(F)c(-c3cccc(F)c3OCc3ccccc3)c2)CC[C@H](NS(C)(=O)=O)C1. The molecule has 37 heavy (non-hydrogen) atoms. The van der Waals surface area contributed by atoms with E-state index in [1.54, 1.807) is 18.2 Å². The van der Waals surface area contributed by atoms with Gasteiger partial charge in [0.05, 0.1) is 18.8 Å². The molecule has 0 saturated heterocycles. The molecule has 3 aromatic rings. The average Bonchev–Trinajstić information content (AvgIpc) is 3.26. The molecule has 1 saturated carbocycles. The van der Waals surface area contributed by atoms with Gasteiger partial charge in [0.2, 0.25) is 10.0 Å². The normalized spacial score (nSPS) is 19.5. The number of benzene rings is 3. The Morgan fingerprint density at radius 2 is 1.78 bits per heavy atom. The van der Waals surface area contributed by atoms with Gasteiger partial charge in [-0.25, -0.2) is 21.9 Å². The second-order valence-electron chi connectivity index (χ2n) is 9.53. The Morgan fingerprint density at radius 3 is 2.49 bits per heavy atom. The van der Waals surface area contributed by atoms with Crippen LogP contribution in [0.25, 0.3) is 11.1 Å². The summed E-state index contributed by atoms with van der Waals surface area (Å²) in [6.45, 7) is 0.124. The zero-order valence-corrected chi connectivity index (χ0v) is 21.6. The molecule has 6 nitrogen and oxygen atoms in total. The van der Waals surface area contributed by atoms with E-state index in [2.05, 4.69) is 4.72 Å². The minimum Gasteiger partial charge on any atom is -0.485 e. The first-order valence-electron chi connectivity index (χ1n) is 11.9. The van der Waals surface area contributed by atoms with Gasteiger partial charge in [-0.1, -0.05) is 48.5 Å². The summed E-state index contributed by atoms with van der Waals surface area (Å²) in [6.07, 6.45) is 2.91. The zero-order valence-electron chi connectivity index (χ0n) is 20.8. The van der Waals surface area contributed by atoms with Gasteiger partial charge in [-0.15, -0.1) is 0 Å². The van der Waals surface area contributed by atoms with E-state index in [0.29, 0.717) is 25.7 Å². The van der Waals surface area contributed by atoms with E-state index >= 15 is 4.39 Å². The summed E-state index contributed by atoms with van der Waals surface area (Å²) in [5, 5.41) is 8.47. The molecule has 196 valence electrons. The number of rotatable bonds is 9. The lowest BCUT2D eigenvalue weighted by molar-refractivity contribution is 0.286. The van der Waals surface area contributed by atoms with Gasteiger partial charge in [-0.3, -0.25) is 5.41 Å². The zero-order chi connectivity index (χ0) is 26.6. The standard InChI is InChI=1S/C28H30F2N2O4S/c1-35-27(31)28(14-13-21(17-28)32-37(2,33)34)16-20-11-12-24(29)23(15-20)22-9-6-10-25(30)26(22)36-18-19-7-4-3-5-8-19/h3-12,15,21,31-32H,13-14,16-18H2,1-2H3/t21-,28+/m0/s1. The van der Waals surface area contributed by atoms with Crippen LogP contribution in [0.1, 0.15) is 30.4 Å². The largest absolute Gasteiger partial charge is 0.485 e. The van der Waals surface area contributed by atoms with Crippen molar-refractivity contribution in [3.8, 4) is 16.9 Å². The Morgan fingerprint density at radius 1 is 1.03 bits per heavy atom. The van der Waals surface area contributed by atoms with Crippen molar-refractivity contribution in [1.29, 1.82) is 5.41 Å². The van der Waals surface area contributed by atoms with Gasteiger partial charge in [-0.05, 0) is 55.0 Å². The Labute approximate surface area is 216 Å². The third-order valence-electron chi connectivity index (χ3n) is 6.73. The minimum atomic E-state index is -3.41. The highest BCUT2D eigenvalue weighted by molar-refractivity contribution is 7.88. The highest BCUT2D eigenvalue weighted by Gasteiger charge is 2.44. The van der Waals surface area contributed by atoms with Crippen LogP contribution in [0.3, 0.4) is 0 Å². The number of para-hydroxylation sites is 1. The van der Waals surface area contributed by atoms with Gasteiger partial charge >= 0.3 is 0 Å². The van der Waals surface area contributed by atoms with Gasteiger partial charge in [0, 0.05) is 17.2 Å². The molecule has 9 heteroatoms. The molecular weight excluding hydrogens is 498 g/mol. The second kappa shape index (κ2) is 11.0. The van der Waals surface area contributed by atoms with Gasteiger partial charge in [0.1, 0.15) is 12.4 Å². The van der Waals surface area contributed by atoms with Crippen LogP contribution in [0.15, 0.2) is 66.7 Å². The van der Waals surface area contributed by atoms with Crippen LogP contribution in [0.5, 0.6) is 5.75 Å². The number of methoxy groups -OCH3 is 1. The maximum absolute atomic E-state index is 15.1. The Hall–Kier alpha value is -3.30. The lowest BCUT2D eigenvalue weighted by atomic mass is 9.79. The summed E-state index contributed by atoms with van der Waals surface area (Å²) in [7, 11) is -1.99. The van der Waals surface area contributed by atoms with Gasteiger partial charge in [0.25, 0.3) is 0 Å². The van der Waals surface area contributed by atoms with Gasteiger partial charge in [0.15, 0.2) is 17.5 Å². The summed E-state index contributed by atoms with van der Waals surface area (Å²) in [5.41, 5.74) is 1.29. The molecular formula is C28H30F2N2O4S. The van der Waals surface area contributed by atoms with E-state index in [9.17, 15) is 12.8 Å². The van der Waals surface area contributed by atoms with Crippen molar-refractivity contribution in [2.75, 3.05) is 13.4 Å². The number of hydrogen-bond donors (Lipinski definition) is 2. The fourth-order valence-electron chi connectivity index (χ4n) is 5.07. The fourth-order valence-corrected chi connectivity index (χ4v) is 5.88. The van der Waals surface area contributed by atoms with Crippen LogP contribution < -0.4 is 9.46 Å². The molecule has 0 amide bonds. The van der Waals surface area contributed by atoms with E-state index in [1.165, 1.54) is 25.3 Å². The van der Waals surface area contributed by atoms with Crippen LogP contribution in [0.4, 0.5) is 8.78 Å². The van der Waals surface area contributed by atoms with E-state index < -0.39 is 27.1 Å². The van der Waals surface area contributed by atoms with Crippen molar-refractivity contribution >= 4 is 15.9 Å². The molecule has 0 radical (unpaired) electrons. The molecule has 0 unspecified atom stereocenters. The van der Waals surface area contributed by atoms with E-state index in [0.717, 1.165) is 17.4 Å². The third-order valence-corrected chi connectivity index (χ3v) is 7.49. The van der Waals surface area contributed by atoms with Crippen LogP contribution in [0, 0.1) is 22.5 Å². The second-order valence-corrected chi connectivity index (χ2v) is 11.3. The van der Waals surface area contributed by atoms with Crippen LogP contribution in [-0.4, -0.2) is 33.7 Å². The fraction of sp³-hybridized carbons (Fsp3) is 0.321. The van der Waals surface area contributed by atoms with Crippen molar-refractivity contribution < 1.29 is 26.7 Å². The number of nitrogens with one attached hydrogen (secondary N) is 2. The molecule has 1 aliphatic rings. The topological polar surface area (TPSA) is 88.5 Å². The first-order valence-corrected chi connectivity index (χ1v) is 13.8. The van der Waals surface area contributed by atoms with Crippen molar-refractivity contribution in [2.45, 2.75) is 38.3 Å². The highest BCUT2D eigenvalue weighted by Crippen LogP contribution is 2.44. The van der Waals surface area contributed by atoms with E-state index in [-0.39, 0.29) is 35.4 Å².